The van der Waals surface area contributed by atoms with Gasteiger partial charge in [-0.25, -0.2) is 12.8 Å². The number of tetrazole rings is 1. The molecule has 1 fully saturated rings. The van der Waals surface area contributed by atoms with Gasteiger partial charge in [0.05, 0.1) is 28.4 Å². The maximum atomic E-state index is 14.3. The molecule has 146 valence electrons. The van der Waals surface area contributed by atoms with Crippen LogP contribution in [0.3, 0.4) is 0 Å². The third-order valence-electron chi connectivity index (χ3n) is 4.31. The second kappa shape index (κ2) is 7.02. The largest absolute Gasteiger partial charge is 0.495 e. The number of hydrogen-bond acceptors (Lipinski definition) is 6. The standard InChI is InChI=1S/C17H15ClFN5O3S/c1-27-16-7-5-12(9-13(16)18)28(25,26)21-15-8-11(4-6-14(15)19)24-17(10-2-3-10)20-22-23-24/h4-10,21H,2-3H2,1H3. The lowest BCUT2D eigenvalue weighted by Crippen LogP contribution is -2.14. The summed E-state index contributed by atoms with van der Waals surface area (Å²) in [4.78, 5) is -0.121. The molecule has 1 aromatic heterocycles. The van der Waals surface area contributed by atoms with E-state index < -0.39 is 15.8 Å². The zero-order valence-corrected chi connectivity index (χ0v) is 16.2. The summed E-state index contributed by atoms with van der Waals surface area (Å²) in [7, 11) is -2.65. The average molecular weight is 424 g/mol. The highest BCUT2D eigenvalue weighted by Crippen LogP contribution is 2.39. The molecule has 0 radical (unpaired) electrons. The number of rotatable bonds is 6. The molecule has 0 spiro atoms. The van der Waals surface area contributed by atoms with E-state index in [1.165, 1.54) is 42.1 Å². The van der Waals surface area contributed by atoms with Gasteiger partial charge in [-0.1, -0.05) is 11.6 Å². The lowest BCUT2D eigenvalue weighted by atomic mass is 10.2. The molecule has 1 saturated carbocycles. The number of sulfonamides is 1. The second-order valence-electron chi connectivity index (χ2n) is 6.29. The van der Waals surface area contributed by atoms with Crippen molar-refractivity contribution >= 4 is 27.3 Å². The fourth-order valence-corrected chi connectivity index (χ4v) is 4.12. The Hall–Kier alpha value is -2.72. The lowest BCUT2D eigenvalue weighted by molar-refractivity contribution is 0.414. The molecule has 1 aliphatic rings. The van der Waals surface area contributed by atoms with E-state index in [1.54, 1.807) is 0 Å². The summed E-state index contributed by atoms with van der Waals surface area (Å²) >= 11 is 6.00. The maximum absolute atomic E-state index is 14.3. The molecule has 1 N–H and O–H groups in total. The van der Waals surface area contributed by atoms with Gasteiger partial charge in [0.25, 0.3) is 10.0 Å². The van der Waals surface area contributed by atoms with Crippen molar-refractivity contribution in [3.8, 4) is 11.4 Å². The summed E-state index contributed by atoms with van der Waals surface area (Å²) in [6.07, 6.45) is 1.97. The Morgan fingerprint density at radius 2 is 2.04 bits per heavy atom. The number of methoxy groups -OCH3 is 1. The SMILES string of the molecule is COc1ccc(S(=O)(=O)Nc2cc(-n3nnnc3C3CC3)ccc2F)cc1Cl. The first-order valence-electron chi connectivity index (χ1n) is 8.33. The van der Waals surface area contributed by atoms with E-state index in [0.717, 1.165) is 18.9 Å². The van der Waals surface area contributed by atoms with Gasteiger partial charge in [-0.2, -0.15) is 4.68 Å². The first kappa shape index (κ1) is 18.6. The van der Waals surface area contributed by atoms with Gasteiger partial charge in [0.2, 0.25) is 0 Å². The number of nitrogens with zero attached hydrogens (tertiary/aromatic N) is 4. The number of benzene rings is 2. The molecule has 0 saturated heterocycles. The van der Waals surface area contributed by atoms with E-state index in [9.17, 15) is 12.8 Å². The molecule has 0 amide bonds. The fraction of sp³-hybridized carbons (Fsp3) is 0.235. The van der Waals surface area contributed by atoms with Crippen molar-refractivity contribution in [1.82, 2.24) is 20.2 Å². The first-order chi connectivity index (χ1) is 13.4. The van der Waals surface area contributed by atoms with Gasteiger partial charge in [-0.3, -0.25) is 4.72 Å². The van der Waals surface area contributed by atoms with E-state index in [4.69, 9.17) is 16.3 Å². The molecule has 4 rings (SSSR count). The Labute approximate surface area is 165 Å². The normalized spacial score (nSPS) is 14.1. The number of aromatic nitrogens is 4. The smallest absolute Gasteiger partial charge is 0.262 e. The van der Waals surface area contributed by atoms with Gasteiger partial charge < -0.3 is 4.74 Å². The molecule has 1 heterocycles. The summed E-state index contributed by atoms with van der Waals surface area (Å²) in [6.45, 7) is 0. The van der Waals surface area contributed by atoms with Crippen molar-refractivity contribution in [2.24, 2.45) is 0 Å². The number of hydrogen-bond donors (Lipinski definition) is 1. The van der Waals surface area contributed by atoms with E-state index >= 15 is 0 Å². The van der Waals surface area contributed by atoms with Gasteiger partial charge in [-0.15, -0.1) is 5.10 Å². The zero-order valence-electron chi connectivity index (χ0n) is 14.6. The fourth-order valence-electron chi connectivity index (χ4n) is 2.72. The van der Waals surface area contributed by atoms with Gasteiger partial charge in [0.15, 0.2) is 5.82 Å². The second-order valence-corrected chi connectivity index (χ2v) is 8.38. The molecule has 28 heavy (non-hydrogen) atoms. The van der Waals surface area contributed by atoms with E-state index in [1.807, 2.05) is 0 Å². The van der Waals surface area contributed by atoms with Crippen LogP contribution in [-0.2, 0) is 10.0 Å². The Balaban J connectivity index is 1.67. The molecule has 0 bridgehead atoms. The van der Waals surface area contributed by atoms with Crippen LogP contribution in [0.25, 0.3) is 5.69 Å². The number of anilines is 1. The molecular weight excluding hydrogens is 409 g/mol. The summed E-state index contributed by atoms with van der Waals surface area (Å²) in [5.74, 6) is 0.539. The maximum Gasteiger partial charge on any atom is 0.262 e. The van der Waals surface area contributed by atoms with Crippen LogP contribution in [0.15, 0.2) is 41.3 Å². The lowest BCUT2D eigenvalue weighted by Gasteiger charge is -2.12. The van der Waals surface area contributed by atoms with Crippen LogP contribution in [0, 0.1) is 5.82 Å². The quantitative estimate of drug-likeness (QED) is 0.653. The minimum absolute atomic E-state index is 0.121. The van der Waals surface area contributed by atoms with E-state index in [2.05, 4.69) is 20.2 Å². The Morgan fingerprint density at radius 1 is 1.25 bits per heavy atom. The van der Waals surface area contributed by atoms with Crippen molar-refractivity contribution < 1.29 is 17.5 Å². The van der Waals surface area contributed by atoms with Gasteiger partial charge in [0.1, 0.15) is 11.6 Å². The van der Waals surface area contributed by atoms with Crippen LogP contribution in [0.1, 0.15) is 24.6 Å². The van der Waals surface area contributed by atoms with Crippen LogP contribution in [0.4, 0.5) is 10.1 Å². The van der Waals surface area contributed by atoms with Gasteiger partial charge in [0, 0.05) is 5.92 Å². The number of halogens is 2. The summed E-state index contributed by atoms with van der Waals surface area (Å²) in [5, 5.41) is 11.7. The topological polar surface area (TPSA) is 99.0 Å². The highest BCUT2D eigenvalue weighted by Gasteiger charge is 2.30. The first-order valence-corrected chi connectivity index (χ1v) is 10.2. The van der Waals surface area contributed by atoms with Crippen LogP contribution in [0.2, 0.25) is 5.02 Å². The zero-order chi connectivity index (χ0) is 19.9. The highest BCUT2D eigenvalue weighted by molar-refractivity contribution is 7.92. The van der Waals surface area contributed by atoms with E-state index in [-0.39, 0.29) is 21.5 Å². The van der Waals surface area contributed by atoms with Gasteiger partial charge >= 0.3 is 0 Å². The van der Waals surface area contributed by atoms with Crippen LogP contribution < -0.4 is 9.46 Å². The van der Waals surface area contributed by atoms with Crippen molar-refractivity contribution in [2.75, 3.05) is 11.8 Å². The van der Waals surface area contributed by atoms with Gasteiger partial charge in [-0.05, 0) is 59.7 Å². The molecule has 2 aromatic carbocycles. The van der Waals surface area contributed by atoms with Crippen LogP contribution in [0.5, 0.6) is 5.75 Å². The molecule has 11 heteroatoms. The van der Waals surface area contributed by atoms with Crippen LogP contribution in [-0.4, -0.2) is 35.7 Å². The molecule has 3 aromatic rings. The monoisotopic (exact) mass is 423 g/mol. The Bertz CT molecular complexity index is 1150. The number of ether oxygens (including phenoxy) is 1. The molecule has 0 atom stereocenters. The summed E-state index contributed by atoms with van der Waals surface area (Å²) in [6, 6.07) is 7.97. The minimum Gasteiger partial charge on any atom is -0.495 e. The molecule has 0 aliphatic heterocycles. The highest BCUT2D eigenvalue weighted by atomic mass is 35.5. The van der Waals surface area contributed by atoms with Crippen LogP contribution >= 0.6 is 11.6 Å². The average Bonchev–Trinajstić information content (AvgIpc) is 3.40. The minimum atomic E-state index is -4.07. The Morgan fingerprint density at radius 3 is 2.71 bits per heavy atom. The van der Waals surface area contributed by atoms with Crippen molar-refractivity contribution in [3.63, 3.8) is 0 Å². The van der Waals surface area contributed by atoms with Crippen molar-refractivity contribution in [1.29, 1.82) is 0 Å². The van der Waals surface area contributed by atoms with Crippen molar-refractivity contribution in [2.45, 2.75) is 23.7 Å². The third-order valence-corrected chi connectivity index (χ3v) is 5.97. The van der Waals surface area contributed by atoms with E-state index in [0.29, 0.717) is 17.3 Å². The molecular formula is C17H15ClFN5O3S. The van der Waals surface area contributed by atoms with Crippen molar-refractivity contribution in [3.05, 3.63) is 53.1 Å². The summed E-state index contributed by atoms with van der Waals surface area (Å²) < 4.78 is 48.4. The Kier molecular flexibility index (Phi) is 4.68. The molecule has 1 aliphatic carbocycles. The predicted molar refractivity (Wildman–Crippen MR) is 99.9 cm³/mol. The summed E-state index contributed by atoms with van der Waals surface area (Å²) in [5.41, 5.74) is 0.237. The molecule has 0 unspecified atom stereocenters. The number of nitrogens with one attached hydrogen (secondary N) is 1. The third kappa shape index (κ3) is 3.52. The molecule has 8 nitrogen and oxygen atoms in total. The predicted octanol–water partition coefficient (Wildman–Crippen LogP) is 3.14.